The van der Waals surface area contributed by atoms with E-state index in [1.54, 1.807) is 30.3 Å². The van der Waals surface area contributed by atoms with Crippen LogP contribution in [-0.2, 0) is 4.74 Å². The van der Waals surface area contributed by atoms with Crippen molar-refractivity contribution in [1.82, 2.24) is 4.90 Å². The van der Waals surface area contributed by atoms with Crippen molar-refractivity contribution in [3.05, 3.63) is 65.5 Å². The third-order valence-electron chi connectivity index (χ3n) is 4.78. The first-order valence-corrected chi connectivity index (χ1v) is 9.58. The molecule has 1 heterocycles. The molecule has 0 saturated carbocycles. The van der Waals surface area contributed by atoms with Crippen molar-refractivity contribution in [3.63, 3.8) is 0 Å². The number of benzene rings is 2. The van der Waals surface area contributed by atoms with E-state index >= 15 is 0 Å². The number of aliphatic hydroxyl groups is 1. The van der Waals surface area contributed by atoms with Gasteiger partial charge in [-0.05, 0) is 42.0 Å². The minimum atomic E-state index is -0.664. The minimum Gasteiger partial charge on any atom is -0.491 e. The van der Waals surface area contributed by atoms with E-state index in [2.05, 4.69) is 4.90 Å². The van der Waals surface area contributed by atoms with E-state index in [4.69, 9.17) is 9.47 Å². The van der Waals surface area contributed by atoms with Crippen molar-refractivity contribution in [3.8, 4) is 5.75 Å². The highest BCUT2D eigenvalue weighted by atomic mass is 35.5. The summed E-state index contributed by atoms with van der Waals surface area (Å²) in [6, 6.07) is 13.4. The molecule has 0 bridgehead atoms. The SMILES string of the molecule is CCC(=O)c1ccc(OCC(O)CN2CCOC(c3cccc(F)c3)C2)cc1.Cl. The lowest BCUT2D eigenvalue weighted by Gasteiger charge is -2.34. The average molecular weight is 424 g/mol. The van der Waals surface area contributed by atoms with Crippen LogP contribution in [0, 0.1) is 5.82 Å². The summed E-state index contributed by atoms with van der Waals surface area (Å²) in [5.41, 5.74) is 1.46. The standard InChI is InChI=1S/C22H26FNO4.ClH/c1-2-21(26)16-6-8-20(9-7-16)28-15-19(25)13-24-10-11-27-22(14-24)17-4-3-5-18(23)12-17;/h3-9,12,19,22,25H,2,10-11,13-15H2,1H3;1H. The highest BCUT2D eigenvalue weighted by Gasteiger charge is 2.24. The highest BCUT2D eigenvalue weighted by molar-refractivity contribution is 5.95. The Labute approximate surface area is 176 Å². The van der Waals surface area contributed by atoms with Gasteiger partial charge in [0.1, 0.15) is 24.3 Å². The number of nitrogens with zero attached hydrogens (tertiary/aromatic N) is 1. The Hall–Kier alpha value is -1.99. The van der Waals surface area contributed by atoms with Gasteiger partial charge in [0.05, 0.1) is 12.7 Å². The summed E-state index contributed by atoms with van der Waals surface area (Å²) >= 11 is 0. The molecule has 0 aromatic heterocycles. The maximum Gasteiger partial charge on any atom is 0.162 e. The summed E-state index contributed by atoms with van der Waals surface area (Å²) in [6.45, 7) is 4.25. The van der Waals surface area contributed by atoms with Crippen LogP contribution in [-0.4, -0.2) is 54.7 Å². The maximum atomic E-state index is 13.4. The van der Waals surface area contributed by atoms with Gasteiger partial charge in [0.25, 0.3) is 0 Å². The van der Waals surface area contributed by atoms with Crippen LogP contribution in [0.15, 0.2) is 48.5 Å². The molecule has 2 atom stereocenters. The molecule has 0 amide bonds. The lowest BCUT2D eigenvalue weighted by atomic mass is 10.1. The Morgan fingerprint density at radius 3 is 2.76 bits per heavy atom. The molecule has 158 valence electrons. The number of ether oxygens (including phenoxy) is 2. The number of rotatable bonds is 8. The number of ketones is 1. The van der Waals surface area contributed by atoms with Crippen LogP contribution in [0.1, 0.15) is 35.4 Å². The van der Waals surface area contributed by atoms with E-state index in [1.807, 2.05) is 13.0 Å². The fourth-order valence-electron chi connectivity index (χ4n) is 3.26. The fraction of sp³-hybridized carbons (Fsp3) is 0.409. The second-order valence-corrected chi connectivity index (χ2v) is 6.94. The van der Waals surface area contributed by atoms with E-state index in [9.17, 15) is 14.3 Å². The van der Waals surface area contributed by atoms with Crippen LogP contribution >= 0.6 is 12.4 Å². The van der Waals surface area contributed by atoms with Gasteiger partial charge < -0.3 is 14.6 Å². The summed E-state index contributed by atoms with van der Waals surface area (Å²) in [6.07, 6.45) is -0.404. The number of hydrogen-bond acceptors (Lipinski definition) is 5. The summed E-state index contributed by atoms with van der Waals surface area (Å²) in [7, 11) is 0. The summed E-state index contributed by atoms with van der Waals surface area (Å²) in [4.78, 5) is 13.7. The molecule has 29 heavy (non-hydrogen) atoms. The van der Waals surface area contributed by atoms with Crippen molar-refractivity contribution >= 4 is 18.2 Å². The molecule has 1 fully saturated rings. The fourth-order valence-corrected chi connectivity index (χ4v) is 3.26. The molecule has 0 radical (unpaired) electrons. The van der Waals surface area contributed by atoms with Crippen LogP contribution in [0.5, 0.6) is 5.75 Å². The smallest absolute Gasteiger partial charge is 0.162 e. The zero-order valence-electron chi connectivity index (χ0n) is 16.4. The largest absolute Gasteiger partial charge is 0.491 e. The first-order valence-electron chi connectivity index (χ1n) is 9.58. The molecule has 0 aliphatic carbocycles. The molecule has 1 aliphatic heterocycles. The number of Topliss-reactive ketones (excluding diaryl/α,β-unsaturated/α-hetero) is 1. The van der Waals surface area contributed by atoms with Crippen molar-refractivity contribution in [2.45, 2.75) is 25.6 Å². The Morgan fingerprint density at radius 1 is 1.31 bits per heavy atom. The number of halogens is 2. The second-order valence-electron chi connectivity index (χ2n) is 6.94. The van der Waals surface area contributed by atoms with E-state index in [0.29, 0.717) is 44.0 Å². The topological polar surface area (TPSA) is 59.0 Å². The lowest BCUT2D eigenvalue weighted by Crippen LogP contribution is -2.43. The van der Waals surface area contributed by atoms with E-state index < -0.39 is 6.10 Å². The zero-order chi connectivity index (χ0) is 19.9. The third-order valence-corrected chi connectivity index (χ3v) is 4.78. The Morgan fingerprint density at radius 2 is 2.07 bits per heavy atom. The van der Waals surface area contributed by atoms with Crippen molar-refractivity contribution in [2.24, 2.45) is 0 Å². The Balaban J connectivity index is 0.00000300. The van der Waals surface area contributed by atoms with Crippen LogP contribution in [0.25, 0.3) is 0 Å². The Bertz CT molecular complexity index is 787. The summed E-state index contributed by atoms with van der Waals surface area (Å²) in [5, 5.41) is 10.3. The monoisotopic (exact) mass is 423 g/mol. The average Bonchev–Trinajstić information content (AvgIpc) is 2.72. The highest BCUT2D eigenvalue weighted by Crippen LogP contribution is 2.23. The molecule has 1 aliphatic rings. The van der Waals surface area contributed by atoms with Crippen LogP contribution in [0.3, 0.4) is 0 Å². The number of aliphatic hydroxyl groups excluding tert-OH is 1. The van der Waals surface area contributed by atoms with Crippen LogP contribution in [0.4, 0.5) is 4.39 Å². The first-order chi connectivity index (χ1) is 13.5. The molecule has 2 aromatic carbocycles. The number of carbonyl (C=O) groups excluding carboxylic acids is 1. The molecule has 0 spiro atoms. The molecule has 1 N–H and O–H groups in total. The molecular weight excluding hydrogens is 397 g/mol. The predicted molar refractivity (Wildman–Crippen MR) is 111 cm³/mol. The summed E-state index contributed by atoms with van der Waals surface area (Å²) in [5.74, 6) is 0.427. The number of carbonyl (C=O) groups is 1. The van der Waals surface area contributed by atoms with Gasteiger partial charge in [-0.2, -0.15) is 0 Å². The molecular formula is C22H27ClFNO4. The molecule has 1 saturated heterocycles. The van der Waals surface area contributed by atoms with Gasteiger partial charge in [-0.1, -0.05) is 19.1 Å². The van der Waals surface area contributed by atoms with E-state index in [1.165, 1.54) is 12.1 Å². The Kier molecular flexibility index (Phi) is 9.04. The molecule has 7 heteroatoms. The van der Waals surface area contributed by atoms with Gasteiger partial charge in [-0.3, -0.25) is 9.69 Å². The zero-order valence-corrected chi connectivity index (χ0v) is 17.2. The van der Waals surface area contributed by atoms with Crippen molar-refractivity contribution in [1.29, 1.82) is 0 Å². The predicted octanol–water partition coefficient (Wildman–Crippen LogP) is 3.65. The molecule has 3 rings (SSSR count). The van der Waals surface area contributed by atoms with Gasteiger partial charge >= 0.3 is 0 Å². The number of β-amino-alcohol motifs (C(OH)–C–C–N with tert-alkyl or cyclic N) is 1. The number of morpholine rings is 1. The van der Waals surface area contributed by atoms with Crippen molar-refractivity contribution in [2.75, 3.05) is 32.8 Å². The molecule has 5 nitrogen and oxygen atoms in total. The first kappa shape index (κ1) is 23.3. The quantitative estimate of drug-likeness (QED) is 0.657. The van der Waals surface area contributed by atoms with Gasteiger partial charge in [0.15, 0.2) is 5.78 Å². The van der Waals surface area contributed by atoms with Gasteiger partial charge in [0, 0.05) is 31.6 Å². The summed E-state index contributed by atoms with van der Waals surface area (Å²) < 4.78 is 24.8. The lowest BCUT2D eigenvalue weighted by molar-refractivity contribution is -0.0460. The van der Waals surface area contributed by atoms with Crippen molar-refractivity contribution < 1.29 is 23.8 Å². The minimum absolute atomic E-state index is 0. The van der Waals surface area contributed by atoms with E-state index in [-0.39, 0.29) is 36.7 Å². The molecule has 2 aromatic rings. The van der Waals surface area contributed by atoms with Crippen LogP contribution < -0.4 is 4.74 Å². The third kappa shape index (κ3) is 6.78. The van der Waals surface area contributed by atoms with E-state index in [0.717, 1.165) is 5.56 Å². The maximum absolute atomic E-state index is 13.4. The normalized spacial score (nSPS) is 18.0. The van der Waals surface area contributed by atoms with Gasteiger partial charge in [-0.15, -0.1) is 12.4 Å². The number of hydrogen-bond donors (Lipinski definition) is 1. The second kappa shape index (κ2) is 11.3. The van der Waals surface area contributed by atoms with Crippen LogP contribution in [0.2, 0.25) is 0 Å². The molecule has 2 unspecified atom stereocenters. The van der Waals surface area contributed by atoms with Gasteiger partial charge in [-0.25, -0.2) is 4.39 Å². The van der Waals surface area contributed by atoms with Gasteiger partial charge in [0.2, 0.25) is 0 Å².